The first kappa shape index (κ1) is 17.3. The molecule has 2 amide bonds. The Morgan fingerprint density at radius 3 is 2.83 bits per heavy atom. The van der Waals surface area contributed by atoms with Crippen LogP contribution >= 0.6 is 11.6 Å². The van der Waals surface area contributed by atoms with Gasteiger partial charge < -0.3 is 14.8 Å². The first-order valence-electron chi connectivity index (χ1n) is 7.91. The Morgan fingerprint density at radius 2 is 2.13 bits per heavy atom. The molecule has 1 heterocycles. The van der Waals surface area contributed by atoms with Crippen molar-refractivity contribution in [2.24, 2.45) is 0 Å². The van der Waals surface area contributed by atoms with Crippen molar-refractivity contribution in [1.29, 1.82) is 0 Å². The maximum Gasteiger partial charge on any atom is 0.317 e. The minimum Gasteiger partial charge on any atom is -0.338 e. The molecule has 2 rings (SSSR count). The number of rotatable bonds is 7. The topological polar surface area (TPSA) is 50.2 Å². The summed E-state index contributed by atoms with van der Waals surface area (Å²) in [6.07, 6.45) is 4.59. The molecule has 0 saturated heterocycles. The zero-order valence-corrected chi connectivity index (χ0v) is 14.4. The molecule has 0 aliphatic rings. The maximum absolute atomic E-state index is 12.1. The number of amides is 2. The SMILES string of the molecule is CCCNC(=O)N(CC)Cc1nccn1Cc1ccccc1Cl. The van der Waals surface area contributed by atoms with E-state index in [1.54, 1.807) is 11.1 Å². The highest BCUT2D eigenvalue weighted by molar-refractivity contribution is 6.31. The third kappa shape index (κ3) is 4.73. The van der Waals surface area contributed by atoms with E-state index in [9.17, 15) is 4.79 Å². The van der Waals surface area contributed by atoms with Crippen molar-refractivity contribution in [3.63, 3.8) is 0 Å². The van der Waals surface area contributed by atoms with Gasteiger partial charge in [-0.15, -0.1) is 0 Å². The predicted octanol–water partition coefficient (Wildman–Crippen LogP) is 3.53. The Labute approximate surface area is 142 Å². The maximum atomic E-state index is 12.1. The lowest BCUT2D eigenvalue weighted by Crippen LogP contribution is -2.40. The number of benzene rings is 1. The van der Waals surface area contributed by atoms with Gasteiger partial charge in [0, 0.05) is 30.5 Å². The Morgan fingerprint density at radius 1 is 1.35 bits per heavy atom. The number of halogens is 1. The van der Waals surface area contributed by atoms with Crippen LogP contribution in [0.15, 0.2) is 36.7 Å². The largest absolute Gasteiger partial charge is 0.338 e. The monoisotopic (exact) mass is 334 g/mol. The lowest BCUT2D eigenvalue weighted by Gasteiger charge is -2.21. The molecule has 0 aliphatic carbocycles. The Kier molecular flexibility index (Phi) is 6.47. The van der Waals surface area contributed by atoms with Crippen LogP contribution in [0.1, 0.15) is 31.7 Å². The molecule has 1 N–H and O–H groups in total. The molecule has 0 atom stereocenters. The highest BCUT2D eigenvalue weighted by atomic mass is 35.5. The molecular formula is C17H23ClN4O. The van der Waals surface area contributed by atoms with E-state index in [4.69, 9.17) is 11.6 Å². The molecule has 1 aromatic carbocycles. The van der Waals surface area contributed by atoms with Gasteiger partial charge in [0.2, 0.25) is 0 Å². The number of nitrogens with one attached hydrogen (secondary N) is 1. The van der Waals surface area contributed by atoms with E-state index >= 15 is 0 Å². The fourth-order valence-corrected chi connectivity index (χ4v) is 2.48. The molecule has 0 unspecified atom stereocenters. The van der Waals surface area contributed by atoms with E-state index < -0.39 is 0 Å². The minimum atomic E-state index is -0.0540. The predicted molar refractivity (Wildman–Crippen MR) is 92.6 cm³/mol. The summed E-state index contributed by atoms with van der Waals surface area (Å²) in [5.74, 6) is 0.846. The van der Waals surface area contributed by atoms with E-state index in [1.807, 2.05) is 48.9 Å². The summed E-state index contributed by atoms with van der Waals surface area (Å²) in [6.45, 7) is 6.43. The van der Waals surface area contributed by atoms with Crippen LogP contribution in [-0.4, -0.2) is 33.6 Å². The van der Waals surface area contributed by atoms with Crippen molar-refractivity contribution < 1.29 is 4.79 Å². The van der Waals surface area contributed by atoms with Crippen LogP contribution in [0.4, 0.5) is 4.79 Å². The number of carbonyl (C=O) groups is 1. The van der Waals surface area contributed by atoms with Gasteiger partial charge in [0.05, 0.1) is 13.1 Å². The van der Waals surface area contributed by atoms with Crippen molar-refractivity contribution in [1.82, 2.24) is 19.8 Å². The van der Waals surface area contributed by atoms with Crippen LogP contribution in [0, 0.1) is 0 Å². The van der Waals surface area contributed by atoms with Gasteiger partial charge >= 0.3 is 6.03 Å². The van der Waals surface area contributed by atoms with Gasteiger partial charge in [0.15, 0.2) is 0 Å². The van der Waals surface area contributed by atoms with Gasteiger partial charge in [-0.05, 0) is 25.0 Å². The number of nitrogens with zero attached hydrogens (tertiary/aromatic N) is 3. The zero-order valence-electron chi connectivity index (χ0n) is 13.6. The van der Waals surface area contributed by atoms with E-state index in [1.165, 1.54) is 0 Å². The number of hydrogen-bond donors (Lipinski definition) is 1. The first-order chi connectivity index (χ1) is 11.2. The van der Waals surface area contributed by atoms with Crippen molar-refractivity contribution in [2.75, 3.05) is 13.1 Å². The summed E-state index contributed by atoms with van der Waals surface area (Å²) in [7, 11) is 0. The molecule has 2 aromatic rings. The van der Waals surface area contributed by atoms with Crippen LogP contribution in [0.3, 0.4) is 0 Å². The number of aromatic nitrogens is 2. The number of urea groups is 1. The Bertz CT molecular complexity index is 641. The van der Waals surface area contributed by atoms with Crippen molar-refractivity contribution in [3.05, 3.63) is 53.1 Å². The molecule has 0 saturated carbocycles. The highest BCUT2D eigenvalue weighted by Gasteiger charge is 2.14. The van der Waals surface area contributed by atoms with Crippen molar-refractivity contribution in [2.45, 2.75) is 33.4 Å². The molecule has 1 aromatic heterocycles. The van der Waals surface area contributed by atoms with Gasteiger partial charge in [-0.3, -0.25) is 0 Å². The van der Waals surface area contributed by atoms with Crippen LogP contribution < -0.4 is 5.32 Å². The van der Waals surface area contributed by atoms with Gasteiger partial charge in [0.25, 0.3) is 0 Å². The van der Waals surface area contributed by atoms with E-state index in [0.29, 0.717) is 26.2 Å². The summed E-state index contributed by atoms with van der Waals surface area (Å²) >= 11 is 6.23. The second kappa shape index (κ2) is 8.58. The van der Waals surface area contributed by atoms with Crippen LogP contribution in [-0.2, 0) is 13.1 Å². The normalized spacial score (nSPS) is 10.6. The van der Waals surface area contributed by atoms with Crippen molar-refractivity contribution in [3.8, 4) is 0 Å². The third-order valence-electron chi connectivity index (χ3n) is 3.63. The number of hydrogen-bond acceptors (Lipinski definition) is 2. The molecule has 0 aliphatic heterocycles. The van der Waals surface area contributed by atoms with E-state index in [-0.39, 0.29) is 6.03 Å². The summed E-state index contributed by atoms with van der Waals surface area (Å²) in [6, 6.07) is 7.70. The molecule has 0 radical (unpaired) electrons. The van der Waals surface area contributed by atoms with Gasteiger partial charge in [-0.2, -0.15) is 0 Å². The Hall–Kier alpha value is -2.01. The fourth-order valence-electron chi connectivity index (χ4n) is 2.29. The smallest absolute Gasteiger partial charge is 0.317 e. The molecule has 124 valence electrons. The standard InChI is InChI=1S/C17H23ClN4O/c1-3-9-20-17(23)21(4-2)13-16-19-10-11-22(16)12-14-7-5-6-8-15(14)18/h5-8,10-11H,3-4,9,12-13H2,1-2H3,(H,20,23). The zero-order chi connectivity index (χ0) is 16.7. The molecule has 0 bridgehead atoms. The van der Waals surface area contributed by atoms with E-state index in [0.717, 1.165) is 22.8 Å². The molecule has 0 spiro atoms. The third-order valence-corrected chi connectivity index (χ3v) is 4.00. The highest BCUT2D eigenvalue weighted by Crippen LogP contribution is 2.17. The van der Waals surface area contributed by atoms with Gasteiger partial charge in [0.1, 0.15) is 5.82 Å². The first-order valence-corrected chi connectivity index (χ1v) is 8.29. The second-order valence-electron chi connectivity index (χ2n) is 5.31. The van der Waals surface area contributed by atoms with Crippen LogP contribution in [0.2, 0.25) is 5.02 Å². The summed E-state index contributed by atoms with van der Waals surface area (Å²) in [4.78, 5) is 18.3. The minimum absolute atomic E-state index is 0.0540. The molecule has 23 heavy (non-hydrogen) atoms. The quantitative estimate of drug-likeness (QED) is 0.842. The van der Waals surface area contributed by atoms with Crippen LogP contribution in [0.25, 0.3) is 0 Å². The molecular weight excluding hydrogens is 312 g/mol. The summed E-state index contributed by atoms with van der Waals surface area (Å²) in [5.41, 5.74) is 1.03. The molecule has 0 fully saturated rings. The van der Waals surface area contributed by atoms with E-state index in [2.05, 4.69) is 10.3 Å². The summed E-state index contributed by atoms with van der Waals surface area (Å²) < 4.78 is 2.02. The van der Waals surface area contributed by atoms with Crippen molar-refractivity contribution >= 4 is 17.6 Å². The fraction of sp³-hybridized carbons (Fsp3) is 0.412. The molecule has 6 heteroatoms. The van der Waals surface area contributed by atoms with Gasteiger partial charge in [-0.1, -0.05) is 36.7 Å². The summed E-state index contributed by atoms with van der Waals surface area (Å²) in [5, 5.41) is 3.64. The Balaban J connectivity index is 2.08. The average Bonchev–Trinajstić information content (AvgIpc) is 2.99. The second-order valence-corrected chi connectivity index (χ2v) is 5.72. The molecule has 5 nitrogen and oxygen atoms in total. The number of carbonyl (C=O) groups excluding carboxylic acids is 1. The van der Waals surface area contributed by atoms with Gasteiger partial charge in [-0.25, -0.2) is 9.78 Å². The average molecular weight is 335 g/mol. The lowest BCUT2D eigenvalue weighted by molar-refractivity contribution is 0.196. The lowest BCUT2D eigenvalue weighted by atomic mass is 10.2. The number of imidazole rings is 1. The van der Waals surface area contributed by atoms with Crippen LogP contribution in [0.5, 0.6) is 0 Å².